The highest BCUT2D eigenvalue weighted by atomic mass is 35.5. The predicted octanol–water partition coefficient (Wildman–Crippen LogP) is 2.42. The van der Waals surface area contributed by atoms with Crippen LogP contribution in [-0.4, -0.2) is 48.4 Å². The smallest absolute Gasteiger partial charge is 0.252 e. The summed E-state index contributed by atoms with van der Waals surface area (Å²) < 4.78 is 31.6. The fraction of sp³-hybridized carbons (Fsp3) is 0.471. The highest BCUT2D eigenvalue weighted by molar-refractivity contribution is 7.89. The first-order valence-corrected chi connectivity index (χ1v) is 10.5. The predicted molar refractivity (Wildman–Crippen MR) is 101 cm³/mol. The highest BCUT2D eigenvalue weighted by Crippen LogP contribution is 2.23. The van der Waals surface area contributed by atoms with Crippen molar-refractivity contribution in [2.45, 2.75) is 38.5 Å². The minimum Gasteiger partial charge on any atom is -0.352 e. The van der Waals surface area contributed by atoms with Crippen molar-refractivity contribution in [2.75, 3.05) is 19.6 Å². The second kappa shape index (κ2) is 9.29. The third-order valence-electron chi connectivity index (χ3n) is 3.95. The molecule has 1 heterocycles. The third-order valence-corrected chi connectivity index (χ3v) is 6.32. The minimum absolute atomic E-state index is 0.0436. The lowest BCUT2D eigenvalue weighted by molar-refractivity contribution is 0.0953. The summed E-state index contributed by atoms with van der Waals surface area (Å²) in [5.41, 5.74) is 0.124. The summed E-state index contributed by atoms with van der Waals surface area (Å²) in [5, 5.41) is 6.62. The average molecular weight is 415 g/mol. The van der Waals surface area contributed by atoms with Gasteiger partial charge in [0, 0.05) is 26.1 Å². The number of aromatic nitrogens is 2. The summed E-state index contributed by atoms with van der Waals surface area (Å²) in [6.45, 7) is 6.31. The van der Waals surface area contributed by atoms with E-state index >= 15 is 0 Å². The Hall–Kier alpha value is -1.97. The molecule has 10 heteroatoms. The van der Waals surface area contributed by atoms with Gasteiger partial charge in [0.05, 0.1) is 15.5 Å². The largest absolute Gasteiger partial charge is 0.352 e. The first kappa shape index (κ1) is 21.3. The Labute approximate surface area is 163 Å². The number of sulfonamides is 1. The van der Waals surface area contributed by atoms with Crippen molar-refractivity contribution in [3.8, 4) is 0 Å². The van der Waals surface area contributed by atoms with Crippen LogP contribution < -0.4 is 5.32 Å². The van der Waals surface area contributed by atoms with Gasteiger partial charge < -0.3 is 9.84 Å². The van der Waals surface area contributed by atoms with Gasteiger partial charge in [0.25, 0.3) is 5.91 Å². The van der Waals surface area contributed by atoms with Crippen LogP contribution in [0.5, 0.6) is 0 Å². The van der Waals surface area contributed by atoms with Gasteiger partial charge in [0.2, 0.25) is 15.9 Å². The molecule has 0 fully saturated rings. The number of rotatable bonds is 9. The summed E-state index contributed by atoms with van der Waals surface area (Å²) in [6.07, 6.45) is 1.13. The van der Waals surface area contributed by atoms with Gasteiger partial charge in [-0.3, -0.25) is 4.79 Å². The van der Waals surface area contributed by atoms with Gasteiger partial charge in [-0.15, -0.1) is 0 Å². The molecule has 1 N–H and O–H groups in total. The van der Waals surface area contributed by atoms with Crippen molar-refractivity contribution in [3.05, 3.63) is 40.5 Å². The molecular formula is C17H23ClN4O4S. The molecule has 1 amide bonds. The maximum Gasteiger partial charge on any atom is 0.252 e. The first-order valence-electron chi connectivity index (χ1n) is 8.66. The van der Waals surface area contributed by atoms with Gasteiger partial charge in [0.15, 0.2) is 5.82 Å². The zero-order valence-corrected chi connectivity index (χ0v) is 17.1. The zero-order valence-electron chi connectivity index (χ0n) is 15.5. The number of nitrogens with zero attached hydrogens (tertiary/aromatic N) is 3. The molecule has 0 aliphatic rings. The molecule has 27 heavy (non-hydrogen) atoms. The van der Waals surface area contributed by atoms with Crippen molar-refractivity contribution in [1.29, 1.82) is 0 Å². The van der Waals surface area contributed by atoms with E-state index in [2.05, 4.69) is 15.5 Å². The van der Waals surface area contributed by atoms with E-state index in [1.807, 2.05) is 0 Å². The number of benzene rings is 1. The Morgan fingerprint density at radius 1 is 1.30 bits per heavy atom. The minimum atomic E-state index is -3.67. The molecule has 0 aliphatic carbocycles. The van der Waals surface area contributed by atoms with E-state index in [4.69, 9.17) is 16.1 Å². The number of aryl methyl sites for hydroxylation is 2. The molecule has 148 valence electrons. The molecule has 2 rings (SSSR count). The molecule has 0 bridgehead atoms. The molecule has 0 radical (unpaired) electrons. The molecule has 1 aromatic carbocycles. The maximum atomic E-state index is 12.6. The van der Waals surface area contributed by atoms with Gasteiger partial charge in [-0.1, -0.05) is 30.6 Å². The molecule has 0 saturated heterocycles. The van der Waals surface area contributed by atoms with Crippen LogP contribution in [0.2, 0.25) is 5.02 Å². The van der Waals surface area contributed by atoms with Crippen molar-refractivity contribution in [2.24, 2.45) is 0 Å². The molecule has 0 unspecified atom stereocenters. The van der Waals surface area contributed by atoms with Crippen LogP contribution in [0.15, 0.2) is 27.6 Å². The van der Waals surface area contributed by atoms with Crippen LogP contribution in [0.1, 0.15) is 42.3 Å². The Balaban J connectivity index is 2.05. The van der Waals surface area contributed by atoms with E-state index < -0.39 is 15.9 Å². The fourth-order valence-electron chi connectivity index (χ4n) is 2.53. The van der Waals surface area contributed by atoms with E-state index in [1.165, 1.54) is 22.5 Å². The topological polar surface area (TPSA) is 105 Å². The summed E-state index contributed by atoms with van der Waals surface area (Å²) in [5.74, 6) is 0.637. The molecule has 0 saturated carbocycles. The third kappa shape index (κ3) is 5.27. The van der Waals surface area contributed by atoms with Crippen LogP contribution in [0.25, 0.3) is 0 Å². The number of carbonyl (C=O) groups is 1. The van der Waals surface area contributed by atoms with Crippen LogP contribution in [0.3, 0.4) is 0 Å². The number of hydrogen-bond donors (Lipinski definition) is 1. The van der Waals surface area contributed by atoms with E-state index in [1.54, 1.807) is 20.8 Å². The highest BCUT2D eigenvalue weighted by Gasteiger charge is 2.23. The van der Waals surface area contributed by atoms with Crippen molar-refractivity contribution < 1.29 is 17.7 Å². The fourth-order valence-corrected chi connectivity index (χ4v) is 4.22. The summed E-state index contributed by atoms with van der Waals surface area (Å²) in [7, 11) is -3.67. The maximum absolute atomic E-state index is 12.6. The molecule has 1 aromatic heterocycles. The lowest BCUT2D eigenvalue weighted by Gasteiger charge is -2.19. The number of halogens is 1. The molecule has 0 spiro atoms. The second-order valence-electron chi connectivity index (χ2n) is 5.83. The van der Waals surface area contributed by atoms with Crippen LogP contribution >= 0.6 is 11.6 Å². The van der Waals surface area contributed by atoms with E-state index in [0.29, 0.717) is 44.2 Å². The van der Waals surface area contributed by atoms with Gasteiger partial charge in [0.1, 0.15) is 0 Å². The molecule has 0 atom stereocenters. The van der Waals surface area contributed by atoms with Crippen molar-refractivity contribution >= 4 is 27.5 Å². The van der Waals surface area contributed by atoms with E-state index in [0.717, 1.165) is 0 Å². The monoisotopic (exact) mass is 414 g/mol. The Morgan fingerprint density at radius 3 is 2.59 bits per heavy atom. The SMILES string of the molecule is CCN(CC)S(=O)(=O)c1ccc(Cl)c(C(=O)NCCCc2nc(C)no2)c1. The van der Waals surface area contributed by atoms with Crippen LogP contribution in [-0.2, 0) is 16.4 Å². The lowest BCUT2D eigenvalue weighted by Crippen LogP contribution is -2.31. The van der Waals surface area contributed by atoms with Gasteiger partial charge >= 0.3 is 0 Å². The van der Waals surface area contributed by atoms with E-state index in [9.17, 15) is 13.2 Å². The Morgan fingerprint density at radius 2 is 2.00 bits per heavy atom. The van der Waals surface area contributed by atoms with Crippen LogP contribution in [0.4, 0.5) is 0 Å². The van der Waals surface area contributed by atoms with Crippen molar-refractivity contribution in [3.63, 3.8) is 0 Å². The van der Waals surface area contributed by atoms with Crippen LogP contribution in [0, 0.1) is 6.92 Å². The van der Waals surface area contributed by atoms with Crippen molar-refractivity contribution in [1.82, 2.24) is 19.8 Å². The molecule has 2 aromatic rings. The quantitative estimate of drug-likeness (QED) is 0.631. The molecular weight excluding hydrogens is 392 g/mol. The Kier molecular flexibility index (Phi) is 7.34. The zero-order chi connectivity index (χ0) is 20.0. The van der Waals surface area contributed by atoms with Gasteiger partial charge in [-0.05, 0) is 31.5 Å². The first-order chi connectivity index (χ1) is 12.8. The number of hydrogen-bond acceptors (Lipinski definition) is 6. The Bertz CT molecular complexity index is 894. The lowest BCUT2D eigenvalue weighted by atomic mass is 10.2. The number of nitrogens with one attached hydrogen (secondary N) is 1. The number of amides is 1. The number of carbonyl (C=O) groups excluding carboxylic acids is 1. The summed E-state index contributed by atoms with van der Waals surface area (Å²) >= 11 is 6.10. The molecule has 0 aliphatic heterocycles. The standard InChI is InChI=1S/C17H23ClN4O4S/c1-4-22(5-2)27(24,25)13-8-9-15(18)14(11-13)17(23)19-10-6-7-16-20-12(3)21-26-16/h8-9,11H,4-7,10H2,1-3H3,(H,19,23). The van der Waals surface area contributed by atoms with Gasteiger partial charge in [-0.2, -0.15) is 9.29 Å². The average Bonchev–Trinajstić information content (AvgIpc) is 3.04. The van der Waals surface area contributed by atoms with E-state index in [-0.39, 0.29) is 15.5 Å². The second-order valence-corrected chi connectivity index (χ2v) is 8.17. The normalized spacial score (nSPS) is 11.7. The summed E-state index contributed by atoms with van der Waals surface area (Å²) in [4.78, 5) is 16.5. The summed E-state index contributed by atoms with van der Waals surface area (Å²) in [6, 6.07) is 4.14. The molecule has 8 nitrogen and oxygen atoms in total. The van der Waals surface area contributed by atoms with Gasteiger partial charge in [-0.25, -0.2) is 8.42 Å².